The Morgan fingerprint density at radius 3 is 2.47 bits per heavy atom. The molecule has 1 aliphatic rings. The van der Waals surface area contributed by atoms with Crippen LogP contribution in [0, 0.1) is 5.41 Å². The first-order chi connectivity index (χ1) is 7.10. The number of rotatable bonds is 4. The largest absolute Gasteiger partial charge is 0.481 e. The van der Waals surface area contributed by atoms with Crippen LogP contribution >= 0.6 is 11.8 Å². The van der Waals surface area contributed by atoms with Crippen LogP contribution in [0.3, 0.4) is 0 Å². The summed E-state index contributed by atoms with van der Waals surface area (Å²) in [7, 11) is 0. The number of thioether (sulfide) groups is 1. The normalized spacial score (nSPS) is 19.5. The van der Waals surface area contributed by atoms with E-state index in [1.165, 1.54) is 0 Å². The topological polar surface area (TPSA) is 63.6 Å². The monoisotopic (exact) mass is 232 g/mol. The van der Waals surface area contributed by atoms with Crippen LogP contribution in [-0.2, 0) is 14.3 Å². The lowest BCUT2D eigenvalue weighted by Gasteiger charge is -2.33. The number of hydrogen-bond acceptors (Lipinski definition) is 4. The Morgan fingerprint density at radius 2 is 2.00 bits per heavy atom. The number of esters is 1. The Morgan fingerprint density at radius 1 is 1.40 bits per heavy atom. The first-order valence-electron chi connectivity index (χ1n) is 5.07. The van der Waals surface area contributed by atoms with E-state index in [1.807, 2.05) is 0 Å². The van der Waals surface area contributed by atoms with Gasteiger partial charge in [-0.05, 0) is 31.3 Å². The molecular formula is C10H16O4S. The number of aliphatic carboxylic acids is 1. The van der Waals surface area contributed by atoms with Crippen LogP contribution in [0.15, 0.2) is 0 Å². The molecule has 1 aliphatic heterocycles. The van der Waals surface area contributed by atoms with Crippen LogP contribution in [0.2, 0.25) is 0 Å². The van der Waals surface area contributed by atoms with E-state index in [-0.39, 0.29) is 12.4 Å². The molecule has 86 valence electrons. The quantitative estimate of drug-likeness (QED) is 0.745. The summed E-state index contributed by atoms with van der Waals surface area (Å²) in [6, 6.07) is 0. The summed E-state index contributed by atoms with van der Waals surface area (Å²) in [6.07, 6.45) is 1.12. The van der Waals surface area contributed by atoms with Crippen molar-refractivity contribution in [2.24, 2.45) is 5.41 Å². The van der Waals surface area contributed by atoms with E-state index in [0.717, 1.165) is 11.5 Å². The second kappa shape index (κ2) is 5.39. The lowest BCUT2D eigenvalue weighted by Crippen LogP contribution is -2.38. The van der Waals surface area contributed by atoms with E-state index in [4.69, 9.17) is 9.84 Å². The highest BCUT2D eigenvalue weighted by Crippen LogP contribution is 2.39. The molecule has 0 aromatic rings. The van der Waals surface area contributed by atoms with Crippen molar-refractivity contribution in [2.75, 3.05) is 18.1 Å². The first-order valence-corrected chi connectivity index (χ1v) is 6.23. The highest BCUT2D eigenvalue weighted by atomic mass is 32.2. The molecular weight excluding hydrogens is 216 g/mol. The van der Waals surface area contributed by atoms with Gasteiger partial charge in [0.2, 0.25) is 0 Å². The third kappa shape index (κ3) is 3.12. The molecule has 1 fully saturated rings. The predicted molar refractivity (Wildman–Crippen MR) is 57.9 cm³/mol. The van der Waals surface area contributed by atoms with E-state index in [1.54, 1.807) is 18.7 Å². The highest BCUT2D eigenvalue weighted by Gasteiger charge is 2.42. The molecule has 0 spiro atoms. The SMILES string of the molecule is CCOC(=O)C1(CC(=O)O)CCSCC1. The molecule has 0 atom stereocenters. The number of carboxylic acids is 1. The van der Waals surface area contributed by atoms with Gasteiger partial charge >= 0.3 is 11.9 Å². The zero-order valence-corrected chi connectivity index (χ0v) is 9.64. The summed E-state index contributed by atoms with van der Waals surface area (Å²) in [6.45, 7) is 2.05. The van der Waals surface area contributed by atoms with Gasteiger partial charge in [-0.1, -0.05) is 0 Å². The summed E-state index contributed by atoms with van der Waals surface area (Å²) >= 11 is 1.76. The Kier molecular flexibility index (Phi) is 4.45. The van der Waals surface area contributed by atoms with Crippen molar-refractivity contribution in [1.29, 1.82) is 0 Å². The number of carbonyl (C=O) groups is 2. The average Bonchev–Trinajstić information content (AvgIpc) is 2.18. The molecule has 0 saturated carbocycles. The maximum atomic E-state index is 11.8. The minimum Gasteiger partial charge on any atom is -0.481 e. The predicted octanol–water partition coefficient (Wildman–Crippen LogP) is 1.54. The smallest absolute Gasteiger partial charge is 0.312 e. The molecule has 0 unspecified atom stereocenters. The van der Waals surface area contributed by atoms with Gasteiger partial charge in [-0.3, -0.25) is 9.59 Å². The zero-order valence-electron chi connectivity index (χ0n) is 8.82. The first kappa shape index (κ1) is 12.4. The van der Waals surface area contributed by atoms with Gasteiger partial charge in [-0.15, -0.1) is 0 Å². The maximum absolute atomic E-state index is 11.8. The van der Waals surface area contributed by atoms with Gasteiger partial charge in [0.1, 0.15) is 0 Å². The minimum absolute atomic E-state index is 0.105. The average molecular weight is 232 g/mol. The lowest BCUT2D eigenvalue weighted by atomic mass is 9.79. The standard InChI is InChI=1S/C10H16O4S/c1-2-14-9(13)10(7-8(11)12)3-5-15-6-4-10/h2-7H2,1H3,(H,11,12). The molecule has 1 N–H and O–H groups in total. The molecule has 0 bridgehead atoms. The van der Waals surface area contributed by atoms with Crippen molar-refractivity contribution in [3.8, 4) is 0 Å². The molecule has 0 radical (unpaired) electrons. The van der Waals surface area contributed by atoms with E-state index in [9.17, 15) is 9.59 Å². The summed E-state index contributed by atoms with van der Waals surface area (Å²) in [5, 5.41) is 8.83. The number of hydrogen-bond donors (Lipinski definition) is 1. The Bertz CT molecular complexity index is 246. The summed E-state index contributed by atoms with van der Waals surface area (Å²) in [4.78, 5) is 22.5. The van der Waals surface area contributed by atoms with E-state index >= 15 is 0 Å². The van der Waals surface area contributed by atoms with Crippen LogP contribution in [0.5, 0.6) is 0 Å². The van der Waals surface area contributed by atoms with E-state index in [2.05, 4.69) is 0 Å². The van der Waals surface area contributed by atoms with Crippen molar-refractivity contribution in [3.05, 3.63) is 0 Å². The van der Waals surface area contributed by atoms with Gasteiger partial charge in [0.25, 0.3) is 0 Å². The summed E-state index contributed by atoms with van der Waals surface area (Å²) in [5.74, 6) is 0.417. The van der Waals surface area contributed by atoms with Gasteiger partial charge in [-0.25, -0.2) is 0 Å². The van der Waals surface area contributed by atoms with Gasteiger partial charge in [0.05, 0.1) is 18.4 Å². The van der Waals surface area contributed by atoms with Crippen molar-refractivity contribution < 1.29 is 19.4 Å². The fourth-order valence-electron chi connectivity index (χ4n) is 1.79. The number of carboxylic acid groups (broad SMARTS) is 1. The molecule has 0 aromatic heterocycles. The zero-order chi connectivity index (χ0) is 11.3. The van der Waals surface area contributed by atoms with Crippen molar-refractivity contribution in [1.82, 2.24) is 0 Å². The minimum atomic E-state index is -0.921. The van der Waals surface area contributed by atoms with Crippen LogP contribution in [0.4, 0.5) is 0 Å². The molecule has 15 heavy (non-hydrogen) atoms. The number of carbonyl (C=O) groups excluding carboxylic acids is 1. The molecule has 0 amide bonds. The Balaban J connectivity index is 2.74. The fourth-order valence-corrected chi connectivity index (χ4v) is 3.06. The summed E-state index contributed by atoms with van der Waals surface area (Å²) in [5.41, 5.74) is -0.771. The van der Waals surface area contributed by atoms with E-state index in [0.29, 0.717) is 19.4 Å². The van der Waals surface area contributed by atoms with Crippen LogP contribution in [0.25, 0.3) is 0 Å². The van der Waals surface area contributed by atoms with Crippen LogP contribution < -0.4 is 0 Å². The Hall–Kier alpha value is -0.710. The van der Waals surface area contributed by atoms with Gasteiger partial charge in [0.15, 0.2) is 0 Å². The third-order valence-corrected chi connectivity index (χ3v) is 3.63. The Labute approximate surface area is 93.4 Å². The van der Waals surface area contributed by atoms with Crippen LogP contribution in [-0.4, -0.2) is 35.2 Å². The molecule has 0 aromatic carbocycles. The van der Waals surface area contributed by atoms with Gasteiger partial charge in [-0.2, -0.15) is 11.8 Å². The second-order valence-corrected chi connectivity index (χ2v) is 4.91. The molecule has 1 heterocycles. The fraction of sp³-hybridized carbons (Fsp3) is 0.800. The molecule has 1 rings (SSSR count). The van der Waals surface area contributed by atoms with Crippen molar-refractivity contribution in [3.63, 3.8) is 0 Å². The van der Waals surface area contributed by atoms with Gasteiger partial charge < -0.3 is 9.84 Å². The molecule has 0 aliphatic carbocycles. The number of ether oxygens (including phenoxy) is 1. The molecule has 1 saturated heterocycles. The molecule has 4 nitrogen and oxygen atoms in total. The second-order valence-electron chi connectivity index (χ2n) is 3.68. The lowest BCUT2D eigenvalue weighted by molar-refractivity contribution is -0.161. The van der Waals surface area contributed by atoms with Crippen LogP contribution in [0.1, 0.15) is 26.2 Å². The van der Waals surface area contributed by atoms with E-state index < -0.39 is 11.4 Å². The highest BCUT2D eigenvalue weighted by molar-refractivity contribution is 7.99. The maximum Gasteiger partial charge on any atom is 0.312 e. The third-order valence-electron chi connectivity index (χ3n) is 2.65. The molecule has 5 heteroatoms. The van der Waals surface area contributed by atoms with Gasteiger partial charge in [0, 0.05) is 0 Å². The van der Waals surface area contributed by atoms with Crippen molar-refractivity contribution in [2.45, 2.75) is 26.2 Å². The van der Waals surface area contributed by atoms with Crippen molar-refractivity contribution >= 4 is 23.7 Å². The summed E-state index contributed by atoms with van der Waals surface area (Å²) < 4.78 is 4.97.